The van der Waals surface area contributed by atoms with E-state index in [4.69, 9.17) is 0 Å². The van der Waals surface area contributed by atoms with Crippen molar-refractivity contribution in [3.05, 3.63) is 212 Å². The van der Waals surface area contributed by atoms with Crippen molar-refractivity contribution in [3.63, 3.8) is 0 Å². The highest BCUT2D eigenvalue weighted by Crippen LogP contribution is 2.46. The van der Waals surface area contributed by atoms with E-state index in [0.717, 1.165) is 17.1 Å². The highest BCUT2D eigenvalue weighted by molar-refractivity contribution is 7.25. The predicted octanol–water partition coefficient (Wildman–Crippen LogP) is 15.3. The number of para-hydroxylation sites is 1. The second-order valence-electron chi connectivity index (χ2n) is 13.7. The van der Waals surface area contributed by atoms with Crippen LogP contribution in [-0.2, 0) is 0 Å². The Balaban J connectivity index is 1.14. The van der Waals surface area contributed by atoms with Crippen LogP contribution in [0.3, 0.4) is 0 Å². The summed E-state index contributed by atoms with van der Waals surface area (Å²) in [6.45, 7) is 0. The Morgan fingerprint density at radius 1 is 0.315 bits per heavy atom. The smallest absolute Gasteiger partial charge is 0.0540 e. The van der Waals surface area contributed by atoms with E-state index in [-0.39, 0.29) is 0 Å². The van der Waals surface area contributed by atoms with Crippen LogP contribution in [-0.4, -0.2) is 0 Å². The molecule has 0 spiro atoms. The van der Waals surface area contributed by atoms with Crippen molar-refractivity contribution in [2.45, 2.75) is 0 Å². The number of hydrogen-bond acceptors (Lipinski definition) is 2. The Morgan fingerprint density at radius 3 is 1.78 bits per heavy atom. The Kier molecular flexibility index (Phi) is 8.09. The van der Waals surface area contributed by atoms with Crippen molar-refractivity contribution in [2.24, 2.45) is 0 Å². The molecule has 0 aliphatic rings. The van der Waals surface area contributed by atoms with Crippen molar-refractivity contribution < 1.29 is 0 Å². The molecule has 0 radical (unpaired) electrons. The molecule has 0 aliphatic carbocycles. The molecule has 9 aromatic carbocycles. The summed E-state index contributed by atoms with van der Waals surface area (Å²) in [6.07, 6.45) is 0. The Labute approximate surface area is 319 Å². The zero-order valence-corrected chi connectivity index (χ0v) is 30.4. The molecule has 0 saturated carbocycles. The maximum Gasteiger partial charge on any atom is 0.0540 e. The predicted molar refractivity (Wildman–Crippen MR) is 233 cm³/mol. The van der Waals surface area contributed by atoms with Gasteiger partial charge in [0.1, 0.15) is 0 Å². The molecule has 0 fully saturated rings. The normalized spacial score (nSPS) is 11.3. The maximum atomic E-state index is 2.43. The second-order valence-corrected chi connectivity index (χ2v) is 14.8. The summed E-state index contributed by atoms with van der Waals surface area (Å²) in [5.74, 6) is 0. The van der Waals surface area contributed by atoms with Crippen LogP contribution < -0.4 is 4.90 Å². The van der Waals surface area contributed by atoms with Crippen LogP contribution in [0.15, 0.2) is 212 Å². The number of fused-ring (bicyclic) bond motifs is 4. The van der Waals surface area contributed by atoms with Crippen LogP contribution >= 0.6 is 11.3 Å². The highest BCUT2D eigenvalue weighted by atomic mass is 32.1. The fourth-order valence-corrected chi connectivity index (χ4v) is 9.06. The fourth-order valence-electron chi connectivity index (χ4n) is 7.92. The number of hydrogen-bond donors (Lipinski definition) is 0. The van der Waals surface area contributed by atoms with Crippen LogP contribution in [0.5, 0.6) is 0 Å². The SMILES string of the molecule is c1ccc(-c2ccc(N(c3cccc(-c4cccc(-c5cccc6ccccc56)c4)c3)c3ccccc3-c3cccc4sc5ccccc5c34)cc2)cc1. The van der Waals surface area contributed by atoms with Crippen LogP contribution in [0.25, 0.3) is 75.5 Å². The molecule has 0 atom stereocenters. The molecule has 0 aliphatic heterocycles. The number of anilines is 3. The van der Waals surface area contributed by atoms with Gasteiger partial charge in [0.2, 0.25) is 0 Å². The largest absolute Gasteiger partial charge is 0.310 e. The zero-order chi connectivity index (χ0) is 35.8. The third-order valence-electron chi connectivity index (χ3n) is 10.5. The summed E-state index contributed by atoms with van der Waals surface area (Å²) in [6, 6.07) is 77.1. The lowest BCUT2D eigenvalue weighted by atomic mass is 9.94. The van der Waals surface area contributed by atoms with E-state index in [2.05, 4.69) is 217 Å². The van der Waals surface area contributed by atoms with Gasteiger partial charge in [-0.3, -0.25) is 0 Å². The topological polar surface area (TPSA) is 3.24 Å². The molecule has 10 rings (SSSR count). The summed E-state index contributed by atoms with van der Waals surface area (Å²) >= 11 is 1.86. The molecule has 1 aromatic heterocycles. The quantitative estimate of drug-likeness (QED) is 0.160. The lowest BCUT2D eigenvalue weighted by Crippen LogP contribution is -2.11. The number of nitrogens with zero attached hydrogens (tertiary/aromatic N) is 1. The molecule has 0 unspecified atom stereocenters. The van der Waals surface area contributed by atoms with Crippen LogP contribution in [0, 0.1) is 0 Å². The third kappa shape index (κ3) is 5.74. The third-order valence-corrected chi connectivity index (χ3v) is 11.6. The fraction of sp³-hybridized carbons (Fsp3) is 0. The molecule has 1 heterocycles. The van der Waals surface area contributed by atoms with Crippen LogP contribution in [0.4, 0.5) is 17.1 Å². The number of rotatable bonds is 7. The lowest BCUT2D eigenvalue weighted by Gasteiger charge is -2.28. The van der Waals surface area contributed by atoms with Crippen molar-refractivity contribution in [1.82, 2.24) is 0 Å². The summed E-state index contributed by atoms with van der Waals surface area (Å²) in [5, 5.41) is 5.13. The second kappa shape index (κ2) is 13.7. The maximum absolute atomic E-state index is 2.43. The molecule has 0 bridgehead atoms. The molecule has 0 saturated heterocycles. The molecule has 254 valence electrons. The van der Waals surface area contributed by atoms with E-state index in [9.17, 15) is 0 Å². The monoisotopic (exact) mass is 705 g/mol. The molecular formula is C52H35NS. The van der Waals surface area contributed by atoms with Crippen molar-refractivity contribution in [1.29, 1.82) is 0 Å². The Morgan fingerprint density at radius 2 is 0.889 bits per heavy atom. The Bertz CT molecular complexity index is 2930. The van der Waals surface area contributed by atoms with Gasteiger partial charge in [-0.1, -0.05) is 164 Å². The molecule has 0 N–H and O–H groups in total. The summed E-state index contributed by atoms with van der Waals surface area (Å²) in [5.41, 5.74) is 13.0. The van der Waals surface area contributed by atoms with Gasteiger partial charge in [0.15, 0.2) is 0 Å². The van der Waals surface area contributed by atoms with Gasteiger partial charge >= 0.3 is 0 Å². The first kappa shape index (κ1) is 32.0. The summed E-state index contributed by atoms with van der Waals surface area (Å²) in [4.78, 5) is 2.43. The minimum atomic E-state index is 1.10. The van der Waals surface area contributed by atoms with Gasteiger partial charge in [-0.2, -0.15) is 0 Å². The Hall–Kier alpha value is -6.74. The minimum Gasteiger partial charge on any atom is -0.310 e. The van der Waals surface area contributed by atoms with E-state index in [1.165, 1.54) is 75.5 Å². The van der Waals surface area contributed by atoms with E-state index < -0.39 is 0 Å². The molecular weight excluding hydrogens is 671 g/mol. The highest BCUT2D eigenvalue weighted by Gasteiger charge is 2.20. The molecule has 1 nitrogen and oxygen atoms in total. The van der Waals surface area contributed by atoms with E-state index >= 15 is 0 Å². The van der Waals surface area contributed by atoms with Crippen molar-refractivity contribution in [2.75, 3.05) is 4.90 Å². The van der Waals surface area contributed by atoms with Gasteiger partial charge in [-0.15, -0.1) is 11.3 Å². The first-order valence-electron chi connectivity index (χ1n) is 18.4. The average molecular weight is 706 g/mol. The van der Waals surface area contributed by atoms with Crippen molar-refractivity contribution >= 4 is 59.3 Å². The van der Waals surface area contributed by atoms with Crippen molar-refractivity contribution in [3.8, 4) is 44.5 Å². The summed E-state index contributed by atoms with van der Waals surface area (Å²) < 4.78 is 2.61. The molecule has 2 heteroatoms. The van der Waals surface area contributed by atoms with Gasteiger partial charge in [0.05, 0.1) is 5.69 Å². The molecule has 54 heavy (non-hydrogen) atoms. The molecule has 10 aromatic rings. The summed E-state index contributed by atoms with van der Waals surface area (Å²) in [7, 11) is 0. The van der Waals surface area contributed by atoms with E-state index in [1.54, 1.807) is 0 Å². The van der Waals surface area contributed by atoms with Gasteiger partial charge in [-0.25, -0.2) is 0 Å². The van der Waals surface area contributed by atoms with Gasteiger partial charge in [0.25, 0.3) is 0 Å². The lowest BCUT2D eigenvalue weighted by molar-refractivity contribution is 1.28. The molecule has 0 amide bonds. The van der Waals surface area contributed by atoms with Crippen LogP contribution in [0.1, 0.15) is 0 Å². The van der Waals surface area contributed by atoms with Crippen LogP contribution in [0.2, 0.25) is 0 Å². The van der Waals surface area contributed by atoms with Gasteiger partial charge < -0.3 is 4.90 Å². The average Bonchev–Trinajstić information content (AvgIpc) is 3.64. The number of benzene rings is 9. The zero-order valence-electron chi connectivity index (χ0n) is 29.6. The first-order valence-corrected chi connectivity index (χ1v) is 19.2. The van der Waals surface area contributed by atoms with Gasteiger partial charge in [-0.05, 0) is 98.2 Å². The van der Waals surface area contributed by atoms with E-state index in [0.29, 0.717) is 0 Å². The van der Waals surface area contributed by atoms with Gasteiger partial charge in [0, 0.05) is 37.1 Å². The number of thiophene rings is 1. The first-order chi connectivity index (χ1) is 26.8. The standard InChI is InChI=1S/C52H35NS/c1-2-14-36(15-3-1)37-30-32-42(33-31-37)53(49-27-8-6-23-46(49)47-26-13-29-51-52(47)48-24-7-9-28-50(48)54-51)43-21-11-19-40(35-43)39-18-10-20-41(34-39)45-25-12-17-38-16-4-5-22-44(38)45/h1-35H. The minimum absolute atomic E-state index is 1.10. The van der Waals surface area contributed by atoms with E-state index in [1.807, 2.05) is 11.3 Å².